The van der Waals surface area contributed by atoms with Gasteiger partial charge in [0, 0.05) is 34.2 Å². The molecule has 1 aliphatic rings. The van der Waals surface area contributed by atoms with E-state index in [1.165, 1.54) is 12.0 Å². The number of rotatable bonds is 7. The zero-order valence-electron chi connectivity index (χ0n) is 20.3. The SMILES string of the molecule is COc1cccc(C(O)=C2C(=O)C(=O)N(CCc3c[nH]c4ccc(OC)cc34)[C@@H]2c2ccc(Cl)cc2)c1. The highest BCUT2D eigenvalue weighted by Gasteiger charge is 2.45. The van der Waals surface area contributed by atoms with Crippen molar-refractivity contribution >= 4 is 40.0 Å². The summed E-state index contributed by atoms with van der Waals surface area (Å²) in [7, 11) is 3.13. The second-order valence-corrected chi connectivity index (χ2v) is 9.19. The molecule has 3 aromatic carbocycles. The fourth-order valence-corrected chi connectivity index (χ4v) is 4.89. The molecule has 0 unspecified atom stereocenters. The number of aliphatic hydroxyl groups excluding tert-OH is 1. The van der Waals surface area contributed by atoms with E-state index in [2.05, 4.69) is 4.98 Å². The van der Waals surface area contributed by atoms with Gasteiger partial charge < -0.3 is 24.5 Å². The highest BCUT2D eigenvalue weighted by Crippen LogP contribution is 2.40. The molecule has 2 heterocycles. The summed E-state index contributed by atoms with van der Waals surface area (Å²) in [6, 6.07) is 18.7. The number of nitrogens with zero attached hydrogens (tertiary/aromatic N) is 1. The first kappa shape index (κ1) is 24.5. The smallest absolute Gasteiger partial charge is 0.295 e. The van der Waals surface area contributed by atoms with Gasteiger partial charge in [-0.3, -0.25) is 9.59 Å². The Kier molecular flexibility index (Phi) is 6.63. The highest BCUT2D eigenvalue weighted by atomic mass is 35.5. The van der Waals surface area contributed by atoms with Crippen molar-refractivity contribution in [3.05, 3.63) is 100 Å². The van der Waals surface area contributed by atoms with E-state index in [9.17, 15) is 14.7 Å². The minimum Gasteiger partial charge on any atom is -0.507 e. The maximum Gasteiger partial charge on any atom is 0.295 e. The van der Waals surface area contributed by atoms with Crippen LogP contribution in [-0.4, -0.2) is 47.4 Å². The van der Waals surface area contributed by atoms with E-state index >= 15 is 0 Å². The number of aliphatic hydroxyl groups is 1. The minimum absolute atomic E-state index is 0.0289. The van der Waals surface area contributed by atoms with Crippen LogP contribution in [0.3, 0.4) is 0 Å². The van der Waals surface area contributed by atoms with Crippen LogP contribution < -0.4 is 9.47 Å². The van der Waals surface area contributed by atoms with Gasteiger partial charge in [-0.25, -0.2) is 0 Å². The molecule has 188 valence electrons. The number of carbonyl (C=O) groups is 2. The van der Waals surface area contributed by atoms with Gasteiger partial charge in [0.25, 0.3) is 11.7 Å². The number of ether oxygens (including phenoxy) is 2. The Balaban J connectivity index is 1.56. The third-order valence-corrected chi connectivity index (χ3v) is 6.92. The normalized spacial score (nSPS) is 16.9. The van der Waals surface area contributed by atoms with Crippen molar-refractivity contribution < 1.29 is 24.2 Å². The first-order valence-corrected chi connectivity index (χ1v) is 12.1. The molecule has 1 amide bonds. The van der Waals surface area contributed by atoms with E-state index in [0.29, 0.717) is 28.3 Å². The number of halogens is 1. The van der Waals surface area contributed by atoms with Crippen molar-refractivity contribution in [2.24, 2.45) is 0 Å². The molecule has 7 nitrogen and oxygen atoms in total. The topological polar surface area (TPSA) is 91.9 Å². The van der Waals surface area contributed by atoms with Gasteiger partial charge in [-0.1, -0.05) is 35.9 Å². The van der Waals surface area contributed by atoms with Crippen molar-refractivity contribution in [2.45, 2.75) is 12.5 Å². The lowest BCUT2D eigenvalue weighted by Gasteiger charge is -2.25. The van der Waals surface area contributed by atoms with E-state index in [1.807, 2.05) is 24.4 Å². The van der Waals surface area contributed by atoms with E-state index in [1.54, 1.807) is 55.6 Å². The molecule has 37 heavy (non-hydrogen) atoms. The van der Waals surface area contributed by atoms with Crippen molar-refractivity contribution in [3.63, 3.8) is 0 Å². The molecule has 8 heteroatoms. The number of Topliss-reactive ketones (excluding diaryl/α,β-unsaturated/α-hetero) is 1. The molecule has 1 aromatic heterocycles. The molecular formula is C29H25ClN2O5. The molecule has 2 N–H and O–H groups in total. The van der Waals surface area contributed by atoms with Gasteiger partial charge in [-0.05, 0) is 60.0 Å². The predicted octanol–water partition coefficient (Wildman–Crippen LogP) is 5.50. The number of ketones is 1. The molecule has 0 aliphatic carbocycles. The number of H-pyrrole nitrogens is 1. The average molecular weight is 517 g/mol. The zero-order valence-corrected chi connectivity index (χ0v) is 21.1. The monoisotopic (exact) mass is 516 g/mol. The van der Waals surface area contributed by atoms with Gasteiger partial charge in [-0.2, -0.15) is 0 Å². The van der Waals surface area contributed by atoms with Crippen molar-refractivity contribution in [1.29, 1.82) is 0 Å². The maximum atomic E-state index is 13.3. The minimum atomic E-state index is -0.775. The van der Waals surface area contributed by atoms with Crippen LogP contribution in [0.1, 0.15) is 22.7 Å². The fourth-order valence-electron chi connectivity index (χ4n) is 4.76. The van der Waals surface area contributed by atoms with Crippen LogP contribution in [0.5, 0.6) is 11.5 Å². The second kappa shape index (κ2) is 10.0. The molecule has 0 radical (unpaired) electrons. The largest absolute Gasteiger partial charge is 0.507 e. The van der Waals surface area contributed by atoms with E-state index in [-0.39, 0.29) is 17.9 Å². The summed E-state index contributed by atoms with van der Waals surface area (Å²) in [5, 5.41) is 12.8. The zero-order chi connectivity index (χ0) is 26.1. The van der Waals surface area contributed by atoms with Gasteiger partial charge >= 0.3 is 0 Å². The molecule has 1 saturated heterocycles. The van der Waals surface area contributed by atoms with Crippen molar-refractivity contribution in [1.82, 2.24) is 9.88 Å². The Labute approximate surface area is 218 Å². The Morgan fingerprint density at radius 2 is 1.73 bits per heavy atom. The van der Waals surface area contributed by atoms with Gasteiger partial charge in [0.15, 0.2) is 0 Å². The molecule has 5 rings (SSSR count). The summed E-state index contributed by atoms with van der Waals surface area (Å²) in [5.74, 6) is -0.399. The van der Waals surface area contributed by atoms with Gasteiger partial charge in [0.1, 0.15) is 17.3 Å². The molecule has 1 fully saturated rings. The molecule has 0 spiro atoms. The summed E-state index contributed by atoms with van der Waals surface area (Å²) in [6.07, 6.45) is 2.39. The fraction of sp³-hybridized carbons (Fsp3) is 0.172. The van der Waals surface area contributed by atoms with Crippen LogP contribution >= 0.6 is 11.6 Å². The third-order valence-electron chi connectivity index (χ3n) is 6.67. The number of benzene rings is 3. The summed E-state index contributed by atoms with van der Waals surface area (Å²) in [4.78, 5) is 31.4. The van der Waals surface area contributed by atoms with E-state index in [0.717, 1.165) is 22.2 Å². The predicted molar refractivity (Wildman–Crippen MR) is 142 cm³/mol. The Morgan fingerprint density at radius 1 is 1.00 bits per heavy atom. The third kappa shape index (κ3) is 4.54. The number of aromatic amines is 1. The summed E-state index contributed by atoms with van der Waals surface area (Å²) < 4.78 is 10.6. The van der Waals surface area contributed by atoms with Crippen LogP contribution in [0, 0.1) is 0 Å². The summed E-state index contributed by atoms with van der Waals surface area (Å²) in [5.41, 5.74) is 3.03. The number of nitrogens with one attached hydrogen (secondary N) is 1. The molecule has 0 saturated carbocycles. The molecule has 0 bridgehead atoms. The van der Waals surface area contributed by atoms with Crippen LogP contribution in [0.2, 0.25) is 5.02 Å². The second-order valence-electron chi connectivity index (χ2n) is 8.75. The van der Waals surface area contributed by atoms with E-state index < -0.39 is 17.7 Å². The van der Waals surface area contributed by atoms with Crippen molar-refractivity contribution in [3.8, 4) is 11.5 Å². The number of aromatic nitrogens is 1. The molecular weight excluding hydrogens is 492 g/mol. The lowest BCUT2D eigenvalue weighted by atomic mass is 9.95. The Morgan fingerprint density at radius 3 is 2.46 bits per heavy atom. The number of fused-ring (bicyclic) bond motifs is 1. The Bertz CT molecular complexity index is 1520. The van der Waals surface area contributed by atoms with Gasteiger partial charge in [0.05, 0.1) is 25.8 Å². The lowest BCUT2D eigenvalue weighted by molar-refractivity contribution is -0.139. The van der Waals surface area contributed by atoms with Crippen molar-refractivity contribution in [2.75, 3.05) is 20.8 Å². The molecule has 1 aliphatic heterocycles. The highest BCUT2D eigenvalue weighted by molar-refractivity contribution is 6.46. The first-order chi connectivity index (χ1) is 17.9. The van der Waals surface area contributed by atoms with Crippen LogP contribution in [0.15, 0.2) is 78.5 Å². The number of carbonyl (C=O) groups excluding carboxylic acids is 2. The molecule has 1 atom stereocenters. The molecule has 4 aromatic rings. The van der Waals surface area contributed by atoms with Crippen LogP contribution in [-0.2, 0) is 16.0 Å². The maximum absolute atomic E-state index is 13.3. The van der Waals surface area contributed by atoms with Gasteiger partial charge in [0.2, 0.25) is 0 Å². The van der Waals surface area contributed by atoms with Crippen LogP contribution in [0.25, 0.3) is 16.7 Å². The van der Waals surface area contributed by atoms with Gasteiger partial charge in [-0.15, -0.1) is 0 Å². The lowest BCUT2D eigenvalue weighted by Crippen LogP contribution is -2.31. The number of amides is 1. The quantitative estimate of drug-likeness (QED) is 0.192. The average Bonchev–Trinajstić information content (AvgIpc) is 3.44. The number of hydrogen-bond acceptors (Lipinski definition) is 5. The number of likely N-dealkylation sites (tertiary alicyclic amines) is 1. The summed E-state index contributed by atoms with van der Waals surface area (Å²) >= 11 is 6.11. The first-order valence-electron chi connectivity index (χ1n) is 11.7. The number of methoxy groups -OCH3 is 2. The number of hydrogen-bond donors (Lipinski definition) is 2. The van der Waals surface area contributed by atoms with E-state index in [4.69, 9.17) is 21.1 Å². The summed E-state index contributed by atoms with van der Waals surface area (Å²) in [6.45, 7) is 0.261. The Hall–Kier alpha value is -4.23. The standard InChI is InChI=1S/C29H25ClN2O5/c1-36-21-5-3-4-18(14-21)27(33)25-26(17-6-8-20(30)9-7-17)32(29(35)28(25)34)13-12-19-16-31-24-11-10-22(37-2)15-23(19)24/h3-11,14-16,26,31,33H,12-13H2,1-2H3/t26-/m1/s1. The van der Waals surface area contributed by atoms with Crippen LogP contribution in [0.4, 0.5) is 0 Å².